The molecule has 1 nitrogen and oxygen atoms in total. The molecule has 2 aromatic rings. The summed E-state index contributed by atoms with van der Waals surface area (Å²) in [6, 6.07) is 16.0. The van der Waals surface area contributed by atoms with Crippen LogP contribution in [0.5, 0.6) is 0 Å². The van der Waals surface area contributed by atoms with Crippen molar-refractivity contribution in [1.29, 1.82) is 0 Å². The fourth-order valence-electron chi connectivity index (χ4n) is 2.37. The highest BCUT2D eigenvalue weighted by Gasteiger charge is 2.10. The fraction of sp³-hybridized carbons (Fsp3) is 0.368. The Labute approximate surface area is 133 Å². The molecular weight excluding hydrogens is 274 g/mol. The van der Waals surface area contributed by atoms with Gasteiger partial charge in [-0.05, 0) is 50.1 Å². The van der Waals surface area contributed by atoms with Crippen LogP contribution in [0, 0.1) is 13.8 Å². The first-order valence-electron chi connectivity index (χ1n) is 7.60. The van der Waals surface area contributed by atoms with Crippen molar-refractivity contribution in [2.24, 2.45) is 0 Å². The molecule has 0 aliphatic carbocycles. The van der Waals surface area contributed by atoms with Gasteiger partial charge in [0.2, 0.25) is 0 Å². The molecule has 0 saturated carbocycles. The van der Waals surface area contributed by atoms with Gasteiger partial charge in [-0.2, -0.15) is 0 Å². The van der Waals surface area contributed by atoms with Crippen LogP contribution in [0.2, 0.25) is 0 Å². The molecule has 0 aromatic heterocycles. The van der Waals surface area contributed by atoms with Gasteiger partial charge < -0.3 is 5.32 Å². The van der Waals surface area contributed by atoms with Gasteiger partial charge in [-0.25, -0.2) is 0 Å². The number of nitrogens with one attached hydrogen (secondary N) is 1. The van der Waals surface area contributed by atoms with Crippen molar-refractivity contribution in [2.75, 3.05) is 12.8 Å². The van der Waals surface area contributed by atoms with E-state index in [1.807, 2.05) is 18.8 Å². The van der Waals surface area contributed by atoms with Crippen LogP contribution in [-0.2, 0) is 6.42 Å². The highest BCUT2D eigenvalue weighted by molar-refractivity contribution is 7.99. The zero-order valence-corrected chi connectivity index (χ0v) is 14.3. The molecule has 0 saturated heterocycles. The van der Waals surface area contributed by atoms with Crippen molar-refractivity contribution in [2.45, 2.75) is 38.1 Å². The highest BCUT2D eigenvalue weighted by Crippen LogP contribution is 2.28. The van der Waals surface area contributed by atoms with Crippen molar-refractivity contribution < 1.29 is 0 Å². The maximum atomic E-state index is 3.44. The lowest BCUT2D eigenvalue weighted by molar-refractivity contribution is 0.661. The SMILES string of the molecule is CCc1ccc(C(CSc2cc(C)ccc2C)NC)cc1. The van der Waals surface area contributed by atoms with Crippen LogP contribution in [0.4, 0.5) is 0 Å². The lowest BCUT2D eigenvalue weighted by atomic mass is 10.1. The number of hydrogen-bond acceptors (Lipinski definition) is 2. The molecule has 2 rings (SSSR count). The van der Waals surface area contributed by atoms with Gasteiger partial charge in [0.05, 0.1) is 0 Å². The standard InChI is InChI=1S/C19H25NS/c1-5-16-8-10-17(11-9-16)18(20-4)13-21-19-12-14(2)6-7-15(19)3/h6-12,18,20H,5,13H2,1-4H3. The second-order valence-corrected chi connectivity index (χ2v) is 6.58. The lowest BCUT2D eigenvalue weighted by Gasteiger charge is -2.17. The third-order valence-electron chi connectivity index (χ3n) is 3.89. The number of hydrogen-bond donors (Lipinski definition) is 1. The summed E-state index contributed by atoms with van der Waals surface area (Å²) in [4.78, 5) is 1.39. The van der Waals surface area contributed by atoms with E-state index in [0.717, 1.165) is 12.2 Å². The molecule has 1 atom stereocenters. The highest BCUT2D eigenvalue weighted by atomic mass is 32.2. The molecular formula is C19H25NS. The van der Waals surface area contributed by atoms with Gasteiger partial charge in [0.1, 0.15) is 0 Å². The normalized spacial score (nSPS) is 12.4. The Morgan fingerprint density at radius 3 is 2.38 bits per heavy atom. The van der Waals surface area contributed by atoms with Crippen LogP contribution >= 0.6 is 11.8 Å². The summed E-state index contributed by atoms with van der Waals surface area (Å²) in [5.74, 6) is 1.05. The number of rotatable bonds is 6. The van der Waals surface area contributed by atoms with E-state index in [0.29, 0.717) is 6.04 Å². The van der Waals surface area contributed by atoms with E-state index in [4.69, 9.17) is 0 Å². The van der Waals surface area contributed by atoms with Crippen LogP contribution in [-0.4, -0.2) is 12.8 Å². The van der Waals surface area contributed by atoms with Crippen LogP contribution < -0.4 is 5.32 Å². The summed E-state index contributed by atoms with van der Waals surface area (Å²) >= 11 is 1.94. The van der Waals surface area contributed by atoms with E-state index >= 15 is 0 Å². The monoisotopic (exact) mass is 299 g/mol. The van der Waals surface area contributed by atoms with Gasteiger partial charge in [0, 0.05) is 16.7 Å². The molecule has 0 amide bonds. The average molecular weight is 299 g/mol. The summed E-state index contributed by atoms with van der Waals surface area (Å²) in [5, 5.41) is 3.44. The quantitative estimate of drug-likeness (QED) is 0.760. The van der Waals surface area contributed by atoms with E-state index < -0.39 is 0 Å². The second kappa shape index (κ2) is 7.67. The Bertz CT molecular complexity index is 575. The Kier molecular flexibility index (Phi) is 5.89. The summed E-state index contributed by atoms with van der Waals surface area (Å²) in [7, 11) is 2.04. The smallest absolute Gasteiger partial charge is 0.0412 e. The van der Waals surface area contributed by atoms with E-state index in [-0.39, 0.29) is 0 Å². The van der Waals surface area contributed by atoms with Gasteiger partial charge in [0.25, 0.3) is 0 Å². The van der Waals surface area contributed by atoms with Crippen molar-refractivity contribution >= 4 is 11.8 Å². The van der Waals surface area contributed by atoms with Crippen LogP contribution in [0.25, 0.3) is 0 Å². The van der Waals surface area contributed by atoms with Crippen LogP contribution in [0.3, 0.4) is 0 Å². The Hall–Kier alpha value is -1.25. The fourth-order valence-corrected chi connectivity index (χ4v) is 3.64. The first-order valence-corrected chi connectivity index (χ1v) is 8.58. The van der Waals surface area contributed by atoms with E-state index in [1.165, 1.54) is 27.1 Å². The molecule has 21 heavy (non-hydrogen) atoms. The van der Waals surface area contributed by atoms with Crippen LogP contribution in [0.1, 0.15) is 35.2 Å². The maximum Gasteiger partial charge on any atom is 0.0412 e. The van der Waals surface area contributed by atoms with E-state index in [2.05, 4.69) is 68.6 Å². The number of benzene rings is 2. The largest absolute Gasteiger partial charge is 0.312 e. The molecule has 2 aromatic carbocycles. The maximum absolute atomic E-state index is 3.44. The minimum Gasteiger partial charge on any atom is -0.312 e. The van der Waals surface area contributed by atoms with Crippen LogP contribution in [0.15, 0.2) is 47.4 Å². The molecule has 0 aliphatic heterocycles. The predicted octanol–water partition coefficient (Wildman–Crippen LogP) is 4.92. The first kappa shape index (κ1) is 16.1. The molecule has 0 aliphatic rings. The number of thioether (sulfide) groups is 1. The summed E-state index contributed by atoms with van der Waals surface area (Å²) in [5.41, 5.74) is 5.46. The van der Waals surface area contributed by atoms with Crippen molar-refractivity contribution in [3.8, 4) is 0 Å². The van der Waals surface area contributed by atoms with Gasteiger partial charge in [0.15, 0.2) is 0 Å². The minimum absolute atomic E-state index is 0.390. The number of aryl methyl sites for hydroxylation is 3. The van der Waals surface area contributed by atoms with E-state index in [1.54, 1.807) is 0 Å². The molecule has 1 unspecified atom stereocenters. The van der Waals surface area contributed by atoms with Gasteiger partial charge in [-0.1, -0.05) is 48.9 Å². The summed E-state index contributed by atoms with van der Waals surface area (Å²) in [6.45, 7) is 6.54. The minimum atomic E-state index is 0.390. The molecule has 2 heteroatoms. The summed E-state index contributed by atoms with van der Waals surface area (Å²) in [6.07, 6.45) is 1.10. The topological polar surface area (TPSA) is 12.0 Å². The van der Waals surface area contributed by atoms with Crippen molar-refractivity contribution in [3.05, 3.63) is 64.7 Å². The molecule has 0 radical (unpaired) electrons. The van der Waals surface area contributed by atoms with Crippen molar-refractivity contribution in [1.82, 2.24) is 5.32 Å². The molecule has 0 bridgehead atoms. The lowest BCUT2D eigenvalue weighted by Crippen LogP contribution is -2.18. The zero-order valence-electron chi connectivity index (χ0n) is 13.4. The first-order chi connectivity index (χ1) is 10.1. The average Bonchev–Trinajstić information content (AvgIpc) is 2.51. The molecule has 0 heterocycles. The Balaban J connectivity index is 2.06. The predicted molar refractivity (Wildman–Crippen MR) is 94.3 cm³/mol. The third-order valence-corrected chi connectivity index (χ3v) is 5.14. The van der Waals surface area contributed by atoms with Gasteiger partial charge in [-0.3, -0.25) is 0 Å². The molecule has 112 valence electrons. The van der Waals surface area contributed by atoms with Gasteiger partial charge in [-0.15, -0.1) is 11.8 Å². The third kappa shape index (κ3) is 4.36. The zero-order chi connectivity index (χ0) is 15.2. The second-order valence-electron chi connectivity index (χ2n) is 5.52. The Morgan fingerprint density at radius 2 is 1.76 bits per heavy atom. The molecule has 1 N–H and O–H groups in total. The summed E-state index contributed by atoms with van der Waals surface area (Å²) < 4.78 is 0. The molecule has 0 spiro atoms. The van der Waals surface area contributed by atoms with Gasteiger partial charge >= 0.3 is 0 Å². The van der Waals surface area contributed by atoms with Crippen molar-refractivity contribution in [3.63, 3.8) is 0 Å². The Morgan fingerprint density at radius 1 is 1.05 bits per heavy atom. The molecule has 0 fully saturated rings. The van der Waals surface area contributed by atoms with E-state index in [9.17, 15) is 0 Å².